The van der Waals surface area contributed by atoms with E-state index in [1.165, 1.54) is 7.11 Å². The molecule has 0 radical (unpaired) electrons. The normalized spacial score (nSPS) is 12.2. The third-order valence-corrected chi connectivity index (χ3v) is 3.85. The van der Waals surface area contributed by atoms with Gasteiger partial charge in [0.25, 0.3) is 0 Å². The van der Waals surface area contributed by atoms with E-state index in [1.807, 2.05) is 13.0 Å². The van der Waals surface area contributed by atoms with E-state index >= 15 is 0 Å². The summed E-state index contributed by atoms with van der Waals surface area (Å²) < 4.78 is 19.0. The van der Waals surface area contributed by atoms with Gasteiger partial charge in [-0.15, -0.1) is 0 Å². The minimum Gasteiger partial charge on any atom is -0.494 e. The van der Waals surface area contributed by atoms with Gasteiger partial charge in [-0.05, 0) is 30.7 Å². The van der Waals surface area contributed by atoms with Crippen LogP contribution < -0.4 is 10.1 Å². The van der Waals surface area contributed by atoms with Crippen molar-refractivity contribution in [2.24, 2.45) is 0 Å². The van der Waals surface area contributed by atoms with E-state index < -0.39 is 0 Å². The van der Waals surface area contributed by atoms with Crippen LogP contribution in [0.1, 0.15) is 24.1 Å². The number of nitrogens with one attached hydrogen (secondary N) is 1. The second kappa shape index (κ2) is 7.12. The van der Waals surface area contributed by atoms with Crippen molar-refractivity contribution in [3.8, 4) is 5.75 Å². The van der Waals surface area contributed by atoms with Crippen molar-refractivity contribution in [3.05, 3.63) is 63.4 Å². The molecule has 2 aromatic carbocycles. The highest BCUT2D eigenvalue weighted by atomic mass is 35.5. The summed E-state index contributed by atoms with van der Waals surface area (Å²) >= 11 is 12.0. The third-order valence-electron chi connectivity index (χ3n) is 3.29. The van der Waals surface area contributed by atoms with Crippen LogP contribution in [0, 0.1) is 5.82 Å². The SMILES string of the molecule is COc1cccc(CNC(C)c2ccc(Cl)cc2Cl)c1F. The summed E-state index contributed by atoms with van der Waals surface area (Å²) in [5, 5.41) is 4.43. The molecule has 21 heavy (non-hydrogen) atoms. The number of benzene rings is 2. The highest BCUT2D eigenvalue weighted by Crippen LogP contribution is 2.27. The maximum atomic E-state index is 14.0. The maximum Gasteiger partial charge on any atom is 0.169 e. The lowest BCUT2D eigenvalue weighted by atomic mass is 10.1. The fraction of sp³-hybridized carbons (Fsp3) is 0.250. The van der Waals surface area contributed by atoms with Crippen molar-refractivity contribution in [1.82, 2.24) is 5.32 Å². The molecule has 0 saturated heterocycles. The third kappa shape index (κ3) is 3.88. The number of rotatable bonds is 5. The van der Waals surface area contributed by atoms with E-state index in [4.69, 9.17) is 27.9 Å². The zero-order chi connectivity index (χ0) is 15.4. The Hall–Kier alpha value is -1.29. The summed E-state index contributed by atoms with van der Waals surface area (Å²) in [4.78, 5) is 0. The van der Waals surface area contributed by atoms with Crippen LogP contribution in [0.15, 0.2) is 36.4 Å². The van der Waals surface area contributed by atoms with Gasteiger partial charge in [-0.25, -0.2) is 4.39 Å². The highest BCUT2D eigenvalue weighted by molar-refractivity contribution is 6.35. The molecule has 112 valence electrons. The molecule has 1 unspecified atom stereocenters. The number of methoxy groups -OCH3 is 1. The van der Waals surface area contributed by atoms with Crippen LogP contribution in [0.5, 0.6) is 5.75 Å². The number of halogens is 3. The standard InChI is InChI=1S/C16H16Cl2FNO/c1-10(13-7-6-12(17)8-14(13)18)20-9-11-4-3-5-15(21-2)16(11)19/h3-8,10,20H,9H2,1-2H3. The molecule has 2 aromatic rings. The van der Waals surface area contributed by atoms with E-state index in [-0.39, 0.29) is 17.6 Å². The Bertz CT molecular complexity index is 634. The minimum absolute atomic E-state index is 0.0274. The topological polar surface area (TPSA) is 21.3 Å². The fourth-order valence-corrected chi connectivity index (χ4v) is 2.65. The van der Waals surface area contributed by atoms with Gasteiger partial charge in [0.2, 0.25) is 0 Å². The molecule has 0 heterocycles. The highest BCUT2D eigenvalue weighted by Gasteiger charge is 2.12. The number of hydrogen-bond acceptors (Lipinski definition) is 2. The van der Waals surface area contributed by atoms with Gasteiger partial charge >= 0.3 is 0 Å². The van der Waals surface area contributed by atoms with Crippen molar-refractivity contribution < 1.29 is 9.13 Å². The lowest BCUT2D eigenvalue weighted by Gasteiger charge is -2.16. The van der Waals surface area contributed by atoms with E-state index in [9.17, 15) is 4.39 Å². The average Bonchev–Trinajstić information content (AvgIpc) is 2.46. The Morgan fingerprint density at radius 1 is 1.24 bits per heavy atom. The molecule has 0 saturated carbocycles. The van der Waals surface area contributed by atoms with Crippen LogP contribution in [-0.2, 0) is 6.54 Å². The molecular weight excluding hydrogens is 312 g/mol. The quantitative estimate of drug-likeness (QED) is 0.835. The van der Waals surface area contributed by atoms with E-state index in [0.717, 1.165) is 5.56 Å². The van der Waals surface area contributed by atoms with Crippen LogP contribution >= 0.6 is 23.2 Å². The van der Waals surface area contributed by atoms with Gasteiger partial charge in [0.1, 0.15) is 0 Å². The Morgan fingerprint density at radius 3 is 2.67 bits per heavy atom. The van der Waals surface area contributed by atoms with Gasteiger partial charge in [-0.3, -0.25) is 0 Å². The molecule has 2 nitrogen and oxygen atoms in total. The molecule has 2 rings (SSSR count). The predicted octanol–water partition coefficient (Wildman–Crippen LogP) is 4.99. The first-order valence-electron chi connectivity index (χ1n) is 6.52. The molecule has 0 aliphatic rings. The zero-order valence-corrected chi connectivity index (χ0v) is 13.3. The second-order valence-electron chi connectivity index (χ2n) is 4.70. The lowest BCUT2D eigenvalue weighted by Crippen LogP contribution is -2.19. The van der Waals surface area contributed by atoms with Crippen LogP contribution in [-0.4, -0.2) is 7.11 Å². The average molecular weight is 328 g/mol. The summed E-state index contributed by atoms with van der Waals surface area (Å²) in [6.45, 7) is 2.34. The minimum atomic E-state index is -0.345. The van der Waals surface area contributed by atoms with Crippen molar-refractivity contribution in [2.75, 3.05) is 7.11 Å². The molecule has 0 fully saturated rings. The molecule has 0 bridgehead atoms. The Morgan fingerprint density at radius 2 is 2.00 bits per heavy atom. The molecule has 0 aliphatic heterocycles. The van der Waals surface area contributed by atoms with Gasteiger partial charge in [-0.1, -0.05) is 41.4 Å². The summed E-state index contributed by atoms with van der Waals surface area (Å²) in [6.07, 6.45) is 0. The number of ether oxygens (including phenoxy) is 1. The van der Waals surface area contributed by atoms with E-state index in [2.05, 4.69) is 5.32 Å². The number of hydrogen-bond donors (Lipinski definition) is 1. The summed E-state index contributed by atoms with van der Waals surface area (Å²) in [7, 11) is 1.45. The van der Waals surface area contributed by atoms with Gasteiger partial charge in [-0.2, -0.15) is 0 Å². The van der Waals surface area contributed by atoms with Gasteiger partial charge < -0.3 is 10.1 Å². The Kier molecular flexibility index (Phi) is 5.45. The summed E-state index contributed by atoms with van der Waals surface area (Å²) in [5.74, 6) is -0.103. The first-order valence-corrected chi connectivity index (χ1v) is 7.28. The Labute approximate surface area is 133 Å². The molecule has 0 spiro atoms. The summed E-state index contributed by atoms with van der Waals surface area (Å²) in [5.41, 5.74) is 1.47. The fourth-order valence-electron chi connectivity index (χ4n) is 2.08. The molecular formula is C16H16Cl2FNO. The molecule has 5 heteroatoms. The molecule has 0 aromatic heterocycles. The molecule has 0 amide bonds. The van der Waals surface area contributed by atoms with E-state index in [0.29, 0.717) is 22.2 Å². The van der Waals surface area contributed by atoms with Gasteiger partial charge in [0.05, 0.1) is 7.11 Å². The zero-order valence-electron chi connectivity index (χ0n) is 11.8. The summed E-state index contributed by atoms with van der Waals surface area (Å²) in [6, 6.07) is 10.4. The smallest absolute Gasteiger partial charge is 0.169 e. The first kappa shape index (κ1) is 16.1. The van der Waals surface area contributed by atoms with Crippen molar-refractivity contribution in [2.45, 2.75) is 19.5 Å². The van der Waals surface area contributed by atoms with Gasteiger partial charge in [0, 0.05) is 28.2 Å². The van der Waals surface area contributed by atoms with Crippen LogP contribution in [0.4, 0.5) is 4.39 Å². The van der Waals surface area contributed by atoms with Crippen LogP contribution in [0.25, 0.3) is 0 Å². The monoisotopic (exact) mass is 327 g/mol. The van der Waals surface area contributed by atoms with Crippen molar-refractivity contribution in [1.29, 1.82) is 0 Å². The second-order valence-corrected chi connectivity index (χ2v) is 5.55. The maximum absolute atomic E-state index is 14.0. The van der Waals surface area contributed by atoms with Crippen molar-refractivity contribution >= 4 is 23.2 Å². The van der Waals surface area contributed by atoms with Gasteiger partial charge in [0.15, 0.2) is 11.6 Å². The van der Waals surface area contributed by atoms with Crippen molar-refractivity contribution in [3.63, 3.8) is 0 Å². The molecule has 0 aliphatic carbocycles. The molecule has 1 atom stereocenters. The lowest BCUT2D eigenvalue weighted by molar-refractivity contribution is 0.382. The largest absolute Gasteiger partial charge is 0.494 e. The first-order chi connectivity index (χ1) is 10.0. The Balaban J connectivity index is 2.09. The predicted molar refractivity (Wildman–Crippen MR) is 84.7 cm³/mol. The van der Waals surface area contributed by atoms with E-state index in [1.54, 1.807) is 30.3 Å². The molecule has 1 N–H and O–H groups in total. The van der Waals surface area contributed by atoms with Crippen LogP contribution in [0.2, 0.25) is 10.0 Å². The van der Waals surface area contributed by atoms with Crippen LogP contribution in [0.3, 0.4) is 0 Å².